The first kappa shape index (κ1) is 21.3. The standard InChI is InChI=1S/C24H18BrN5O2/c1-29(26-16-19-9-5-6-10-23(19)30(31)32)24-27-21(17-7-3-2-4-8-17)15-22(28-24)18-11-13-20(25)14-12-18/h2-16H,1H3/b26-16-. The van der Waals surface area contributed by atoms with Gasteiger partial charge in [0.2, 0.25) is 5.95 Å². The molecular formula is C24H18BrN5O2. The van der Waals surface area contributed by atoms with Crippen molar-refractivity contribution in [1.82, 2.24) is 9.97 Å². The summed E-state index contributed by atoms with van der Waals surface area (Å²) in [5.74, 6) is 0.374. The number of halogens is 1. The van der Waals surface area contributed by atoms with Gasteiger partial charge < -0.3 is 0 Å². The van der Waals surface area contributed by atoms with Crippen molar-refractivity contribution in [2.45, 2.75) is 0 Å². The van der Waals surface area contributed by atoms with Crippen molar-refractivity contribution in [3.63, 3.8) is 0 Å². The number of nitro benzene ring substituents is 1. The first-order valence-electron chi connectivity index (χ1n) is 9.73. The number of rotatable bonds is 6. The van der Waals surface area contributed by atoms with Crippen molar-refractivity contribution in [3.8, 4) is 22.5 Å². The van der Waals surface area contributed by atoms with Crippen LogP contribution in [0, 0.1) is 10.1 Å². The summed E-state index contributed by atoms with van der Waals surface area (Å²) >= 11 is 3.46. The number of nitro groups is 1. The summed E-state index contributed by atoms with van der Waals surface area (Å²) < 4.78 is 0.977. The van der Waals surface area contributed by atoms with Crippen LogP contribution in [0.4, 0.5) is 11.6 Å². The minimum Gasteiger partial charge on any atom is -0.258 e. The molecule has 0 aliphatic rings. The highest BCUT2D eigenvalue weighted by Crippen LogP contribution is 2.27. The van der Waals surface area contributed by atoms with Gasteiger partial charge in [0.05, 0.1) is 28.1 Å². The van der Waals surface area contributed by atoms with E-state index in [-0.39, 0.29) is 5.69 Å². The number of para-hydroxylation sites is 1. The highest BCUT2D eigenvalue weighted by molar-refractivity contribution is 9.10. The van der Waals surface area contributed by atoms with E-state index in [2.05, 4.69) is 31.0 Å². The predicted molar refractivity (Wildman–Crippen MR) is 130 cm³/mol. The number of hydrogen-bond acceptors (Lipinski definition) is 6. The number of benzene rings is 3. The molecule has 0 spiro atoms. The third-order valence-corrected chi connectivity index (χ3v) is 5.25. The molecule has 7 nitrogen and oxygen atoms in total. The Hall–Kier alpha value is -3.91. The summed E-state index contributed by atoms with van der Waals surface area (Å²) in [7, 11) is 1.71. The lowest BCUT2D eigenvalue weighted by atomic mass is 10.1. The summed E-state index contributed by atoms with van der Waals surface area (Å²) in [6.45, 7) is 0. The zero-order valence-corrected chi connectivity index (χ0v) is 18.7. The Morgan fingerprint density at radius 2 is 1.50 bits per heavy atom. The SMILES string of the molecule is CN(/N=C\c1ccccc1[N+](=O)[O-])c1nc(-c2ccccc2)cc(-c2ccc(Br)cc2)n1. The second-order valence-electron chi connectivity index (χ2n) is 6.90. The van der Waals surface area contributed by atoms with Crippen LogP contribution in [0.15, 0.2) is 94.5 Å². The van der Waals surface area contributed by atoms with Crippen LogP contribution >= 0.6 is 15.9 Å². The van der Waals surface area contributed by atoms with Crippen molar-refractivity contribution in [2.24, 2.45) is 5.10 Å². The van der Waals surface area contributed by atoms with Crippen molar-refractivity contribution in [3.05, 3.63) is 105 Å². The van der Waals surface area contributed by atoms with Crippen LogP contribution in [0.2, 0.25) is 0 Å². The summed E-state index contributed by atoms with van der Waals surface area (Å²) in [4.78, 5) is 20.2. The smallest absolute Gasteiger partial charge is 0.258 e. The van der Waals surface area contributed by atoms with Crippen LogP contribution in [-0.2, 0) is 0 Å². The van der Waals surface area contributed by atoms with Gasteiger partial charge in [0.15, 0.2) is 0 Å². The maximum Gasteiger partial charge on any atom is 0.278 e. The topological polar surface area (TPSA) is 84.5 Å². The van der Waals surface area contributed by atoms with Crippen LogP contribution in [0.1, 0.15) is 5.56 Å². The van der Waals surface area contributed by atoms with Gasteiger partial charge in [-0.2, -0.15) is 5.10 Å². The van der Waals surface area contributed by atoms with Gasteiger partial charge in [-0.1, -0.05) is 70.5 Å². The van der Waals surface area contributed by atoms with E-state index in [1.165, 1.54) is 17.3 Å². The molecule has 0 saturated carbocycles. The molecule has 3 aromatic carbocycles. The van der Waals surface area contributed by atoms with Gasteiger partial charge >= 0.3 is 0 Å². The molecule has 0 atom stereocenters. The Morgan fingerprint density at radius 1 is 0.906 bits per heavy atom. The number of hydrazone groups is 1. The lowest BCUT2D eigenvalue weighted by Crippen LogP contribution is -2.14. The highest BCUT2D eigenvalue weighted by Gasteiger charge is 2.13. The van der Waals surface area contributed by atoms with E-state index in [9.17, 15) is 10.1 Å². The summed E-state index contributed by atoms with van der Waals surface area (Å²) in [5, 5.41) is 17.1. The Labute approximate surface area is 193 Å². The number of hydrogen-bond donors (Lipinski definition) is 0. The van der Waals surface area contributed by atoms with Gasteiger partial charge in [-0.3, -0.25) is 10.1 Å². The number of anilines is 1. The molecule has 0 aliphatic heterocycles. The Kier molecular flexibility index (Phi) is 6.32. The normalized spacial score (nSPS) is 10.9. The van der Waals surface area contributed by atoms with E-state index in [1.54, 1.807) is 25.2 Å². The lowest BCUT2D eigenvalue weighted by Gasteiger charge is -2.14. The fourth-order valence-corrected chi connectivity index (χ4v) is 3.33. The second kappa shape index (κ2) is 9.49. The van der Waals surface area contributed by atoms with E-state index in [1.807, 2.05) is 60.7 Å². The molecule has 32 heavy (non-hydrogen) atoms. The van der Waals surface area contributed by atoms with Crippen LogP contribution < -0.4 is 5.01 Å². The van der Waals surface area contributed by atoms with Crippen LogP contribution in [-0.4, -0.2) is 28.2 Å². The molecule has 1 aromatic heterocycles. The third kappa shape index (κ3) is 4.87. The zero-order chi connectivity index (χ0) is 22.5. The maximum absolute atomic E-state index is 11.3. The molecule has 0 amide bonds. The molecule has 0 aliphatic carbocycles. The second-order valence-corrected chi connectivity index (χ2v) is 7.81. The van der Waals surface area contributed by atoms with Gasteiger partial charge in [0, 0.05) is 28.7 Å². The largest absolute Gasteiger partial charge is 0.278 e. The van der Waals surface area contributed by atoms with Crippen molar-refractivity contribution >= 4 is 33.8 Å². The van der Waals surface area contributed by atoms with Crippen LogP contribution in [0.25, 0.3) is 22.5 Å². The summed E-state index contributed by atoms with van der Waals surface area (Å²) in [5.41, 5.74) is 3.77. The quantitative estimate of drug-likeness (QED) is 0.190. The molecule has 8 heteroatoms. The molecule has 1 heterocycles. The number of nitrogens with zero attached hydrogens (tertiary/aromatic N) is 5. The van der Waals surface area contributed by atoms with Gasteiger partial charge in [0.25, 0.3) is 5.69 Å². The molecule has 0 bridgehead atoms. The van der Waals surface area contributed by atoms with E-state index in [0.29, 0.717) is 11.5 Å². The molecule has 4 rings (SSSR count). The first-order valence-corrected chi connectivity index (χ1v) is 10.5. The fraction of sp³-hybridized carbons (Fsp3) is 0.0417. The highest BCUT2D eigenvalue weighted by atomic mass is 79.9. The van der Waals surface area contributed by atoms with Gasteiger partial charge in [-0.25, -0.2) is 15.0 Å². The third-order valence-electron chi connectivity index (χ3n) is 4.72. The van der Waals surface area contributed by atoms with E-state index < -0.39 is 4.92 Å². The van der Waals surface area contributed by atoms with Crippen molar-refractivity contribution in [1.29, 1.82) is 0 Å². The average Bonchev–Trinajstić information content (AvgIpc) is 2.83. The van der Waals surface area contributed by atoms with Crippen molar-refractivity contribution in [2.75, 3.05) is 12.1 Å². The fourth-order valence-electron chi connectivity index (χ4n) is 3.07. The Balaban J connectivity index is 1.75. The Bertz CT molecular complexity index is 1280. The molecule has 0 saturated heterocycles. The zero-order valence-electron chi connectivity index (χ0n) is 17.1. The molecule has 0 radical (unpaired) electrons. The number of aromatic nitrogens is 2. The van der Waals surface area contributed by atoms with Crippen LogP contribution in [0.5, 0.6) is 0 Å². The van der Waals surface area contributed by atoms with Crippen LogP contribution in [0.3, 0.4) is 0 Å². The van der Waals surface area contributed by atoms with Gasteiger partial charge in [-0.05, 0) is 24.3 Å². The predicted octanol–water partition coefficient (Wildman–Crippen LogP) is 5.95. The maximum atomic E-state index is 11.3. The monoisotopic (exact) mass is 487 g/mol. The minimum absolute atomic E-state index is 0.0147. The summed E-state index contributed by atoms with van der Waals surface area (Å²) in [6.07, 6.45) is 1.44. The van der Waals surface area contributed by atoms with Gasteiger partial charge in [0.1, 0.15) is 0 Å². The van der Waals surface area contributed by atoms with E-state index in [4.69, 9.17) is 0 Å². The first-order chi connectivity index (χ1) is 15.5. The molecule has 0 unspecified atom stereocenters. The van der Waals surface area contributed by atoms with Crippen molar-refractivity contribution < 1.29 is 4.92 Å². The molecule has 0 fully saturated rings. The molecule has 158 valence electrons. The Morgan fingerprint density at radius 3 is 2.16 bits per heavy atom. The van der Waals surface area contributed by atoms with Gasteiger partial charge in [-0.15, -0.1) is 0 Å². The average molecular weight is 488 g/mol. The van der Waals surface area contributed by atoms with E-state index >= 15 is 0 Å². The van der Waals surface area contributed by atoms with E-state index in [0.717, 1.165) is 27.0 Å². The minimum atomic E-state index is -0.431. The lowest BCUT2D eigenvalue weighted by molar-refractivity contribution is -0.385. The molecule has 0 N–H and O–H groups in total. The molecule has 4 aromatic rings. The molecular weight excluding hydrogens is 470 g/mol. The summed E-state index contributed by atoms with van der Waals surface area (Å²) in [6, 6.07) is 26.0.